The number of carbonyl (C=O) groups is 10. The first-order valence-corrected chi connectivity index (χ1v) is 15.0. The zero-order valence-corrected chi connectivity index (χ0v) is 27.7. The molecular weight excluding hydrogens is 644 g/mol. The lowest BCUT2D eigenvalue weighted by molar-refractivity contribution is -0.162. The summed E-state index contributed by atoms with van der Waals surface area (Å²) in [5.41, 5.74) is 0. The summed E-state index contributed by atoms with van der Waals surface area (Å²) < 4.78 is 29.9. The van der Waals surface area contributed by atoms with Crippen molar-refractivity contribution in [2.24, 2.45) is 5.92 Å². The number of rotatable bonds is 24. The Kier molecular flexibility index (Phi) is 21.8. The minimum atomic E-state index is -1.22. The van der Waals surface area contributed by atoms with Crippen molar-refractivity contribution in [3.05, 3.63) is 0 Å². The number of amides is 2. The molecule has 0 saturated heterocycles. The molecule has 0 bridgehead atoms. The summed E-state index contributed by atoms with van der Waals surface area (Å²) in [5.74, 6) is -5.44. The van der Waals surface area contributed by atoms with Crippen LogP contribution in [0.25, 0.3) is 0 Å². The third-order valence-corrected chi connectivity index (χ3v) is 5.57. The van der Waals surface area contributed by atoms with Crippen molar-refractivity contribution in [3.63, 3.8) is 0 Å². The second-order valence-electron chi connectivity index (χ2n) is 10.9. The van der Waals surface area contributed by atoms with E-state index in [1.807, 2.05) is 6.92 Å². The van der Waals surface area contributed by atoms with Gasteiger partial charge in [-0.25, -0.2) is 9.59 Å². The van der Waals surface area contributed by atoms with E-state index in [0.717, 1.165) is 0 Å². The number of esters is 4. The van der Waals surface area contributed by atoms with E-state index in [1.54, 1.807) is 0 Å². The highest BCUT2D eigenvalue weighted by Gasteiger charge is 2.22. The lowest BCUT2D eigenvalue weighted by atomic mass is 10.1. The molecule has 0 fully saturated rings. The normalized spacial score (nSPS) is 12.2. The minimum Gasteiger partial charge on any atom is -0.461 e. The predicted octanol–water partition coefficient (Wildman–Crippen LogP) is 0.682. The van der Waals surface area contributed by atoms with E-state index >= 15 is 0 Å². The zero-order chi connectivity index (χ0) is 36.6. The SMILES string of the molecule is CC(=O)CC(=O)OCC(COC(=O)NCCCC(C)CNC(=O)OCC(COC(=O)CC(C)=O)OC(=O)CC(C)=O)OC(=O)CC(C)=O. The molecule has 0 spiro atoms. The standard InChI is InChI=1S/C30H44N2O16/c1-18(13-32-30(42)46-17-24(48-28(40)12-22(5)36)15-44-26(38)10-20(3)34)7-6-8-31-29(41)45-16-23(47-27(39)11-21(4)35)14-43-25(37)9-19(2)33/h18,23-24H,6-17H2,1-5H3,(H,31,41)(H,32,42). The lowest BCUT2D eigenvalue weighted by Crippen LogP contribution is -2.35. The highest BCUT2D eigenvalue weighted by Crippen LogP contribution is 2.06. The second-order valence-corrected chi connectivity index (χ2v) is 10.9. The summed E-state index contributed by atoms with van der Waals surface area (Å²) in [6.45, 7) is 4.88. The summed E-state index contributed by atoms with van der Waals surface area (Å²) in [5, 5.41) is 5.00. The highest BCUT2D eigenvalue weighted by molar-refractivity contribution is 5.95. The van der Waals surface area contributed by atoms with E-state index in [4.69, 9.17) is 28.4 Å². The van der Waals surface area contributed by atoms with E-state index in [-0.39, 0.29) is 19.0 Å². The smallest absolute Gasteiger partial charge is 0.407 e. The van der Waals surface area contributed by atoms with Gasteiger partial charge in [-0.2, -0.15) is 0 Å². The van der Waals surface area contributed by atoms with Crippen LogP contribution in [0.15, 0.2) is 0 Å². The van der Waals surface area contributed by atoms with Crippen LogP contribution in [0.1, 0.15) is 73.1 Å². The second kappa shape index (κ2) is 24.3. The number of alkyl carbamates (subject to hydrolysis) is 2. The monoisotopic (exact) mass is 688 g/mol. The van der Waals surface area contributed by atoms with Crippen LogP contribution in [0.5, 0.6) is 0 Å². The Morgan fingerprint density at radius 3 is 1.25 bits per heavy atom. The van der Waals surface area contributed by atoms with Crippen molar-refractivity contribution in [2.45, 2.75) is 85.4 Å². The molecule has 0 aliphatic carbocycles. The summed E-state index contributed by atoms with van der Waals surface area (Å²) >= 11 is 0. The first-order chi connectivity index (χ1) is 22.5. The van der Waals surface area contributed by atoms with Crippen LogP contribution in [-0.4, -0.2) is 111 Å². The van der Waals surface area contributed by atoms with Crippen molar-refractivity contribution >= 4 is 59.2 Å². The molecule has 2 amide bonds. The average molecular weight is 689 g/mol. The fourth-order valence-electron chi connectivity index (χ4n) is 3.41. The molecule has 0 aromatic carbocycles. The van der Waals surface area contributed by atoms with Crippen LogP contribution >= 0.6 is 0 Å². The summed E-state index contributed by atoms with van der Waals surface area (Å²) in [4.78, 5) is 116. The van der Waals surface area contributed by atoms with Gasteiger partial charge in [-0.05, 0) is 46.5 Å². The quantitative estimate of drug-likeness (QED) is 0.0612. The van der Waals surface area contributed by atoms with Gasteiger partial charge in [0.25, 0.3) is 0 Å². The Bertz CT molecular complexity index is 1170. The third kappa shape index (κ3) is 25.3. The van der Waals surface area contributed by atoms with Crippen molar-refractivity contribution in [2.75, 3.05) is 39.5 Å². The number of ether oxygens (including phenoxy) is 6. The Morgan fingerprint density at radius 1 is 0.500 bits per heavy atom. The molecule has 0 saturated carbocycles. The number of hydrogen-bond donors (Lipinski definition) is 2. The van der Waals surface area contributed by atoms with E-state index in [2.05, 4.69) is 10.6 Å². The van der Waals surface area contributed by atoms with Gasteiger partial charge in [0.1, 0.15) is 75.2 Å². The highest BCUT2D eigenvalue weighted by atomic mass is 16.6. The molecule has 0 aliphatic rings. The first-order valence-electron chi connectivity index (χ1n) is 15.0. The average Bonchev–Trinajstić information content (AvgIpc) is 2.95. The zero-order valence-electron chi connectivity index (χ0n) is 27.7. The number of Topliss-reactive ketones (excluding diaryl/α,β-unsaturated/α-hetero) is 4. The van der Waals surface area contributed by atoms with E-state index in [1.165, 1.54) is 27.7 Å². The minimum absolute atomic E-state index is 0.0816. The fraction of sp³-hybridized carbons (Fsp3) is 0.667. The Morgan fingerprint density at radius 2 is 0.854 bits per heavy atom. The van der Waals surface area contributed by atoms with Crippen molar-refractivity contribution < 1.29 is 76.4 Å². The van der Waals surface area contributed by atoms with Crippen LogP contribution < -0.4 is 10.6 Å². The molecule has 18 heteroatoms. The van der Waals surface area contributed by atoms with E-state index < -0.39 is 124 Å². The first kappa shape index (κ1) is 43.1. The van der Waals surface area contributed by atoms with Gasteiger partial charge in [-0.1, -0.05) is 6.92 Å². The maximum Gasteiger partial charge on any atom is 0.407 e. The number of nitrogens with one attached hydrogen (secondary N) is 2. The van der Waals surface area contributed by atoms with E-state index in [0.29, 0.717) is 12.8 Å². The van der Waals surface area contributed by atoms with Crippen molar-refractivity contribution in [1.82, 2.24) is 10.6 Å². The molecule has 0 aromatic heterocycles. The molecule has 18 nitrogen and oxygen atoms in total. The third-order valence-electron chi connectivity index (χ3n) is 5.57. The number of ketones is 4. The van der Waals surface area contributed by atoms with E-state index in [9.17, 15) is 47.9 Å². The molecule has 48 heavy (non-hydrogen) atoms. The van der Waals surface area contributed by atoms with Crippen LogP contribution in [0.3, 0.4) is 0 Å². The van der Waals surface area contributed by atoms with Crippen molar-refractivity contribution in [3.8, 4) is 0 Å². The molecule has 2 N–H and O–H groups in total. The van der Waals surface area contributed by atoms with Gasteiger partial charge in [0.05, 0.1) is 0 Å². The topological polar surface area (TPSA) is 250 Å². The van der Waals surface area contributed by atoms with Gasteiger partial charge in [-0.3, -0.25) is 38.4 Å². The van der Waals surface area contributed by atoms with Gasteiger partial charge in [0.2, 0.25) is 0 Å². The van der Waals surface area contributed by atoms with Crippen LogP contribution in [-0.2, 0) is 66.8 Å². The Hall–Kier alpha value is -4.90. The molecule has 270 valence electrons. The summed E-state index contributed by atoms with van der Waals surface area (Å²) in [6, 6.07) is 0. The van der Waals surface area contributed by atoms with Crippen LogP contribution in [0.2, 0.25) is 0 Å². The fourth-order valence-corrected chi connectivity index (χ4v) is 3.41. The molecule has 3 unspecified atom stereocenters. The Balaban J connectivity index is 4.57. The summed E-state index contributed by atoms with van der Waals surface area (Å²) in [6.07, 6.45) is -5.21. The molecule has 0 rings (SSSR count). The van der Waals surface area contributed by atoms with Crippen molar-refractivity contribution in [1.29, 1.82) is 0 Å². The molecule has 3 atom stereocenters. The molecule has 0 aliphatic heterocycles. The maximum absolute atomic E-state index is 12.2. The largest absolute Gasteiger partial charge is 0.461 e. The number of hydrogen-bond acceptors (Lipinski definition) is 16. The van der Waals surface area contributed by atoms with Gasteiger partial charge >= 0.3 is 36.1 Å². The lowest BCUT2D eigenvalue weighted by Gasteiger charge is -2.19. The van der Waals surface area contributed by atoms with Crippen LogP contribution in [0.4, 0.5) is 9.59 Å². The maximum atomic E-state index is 12.2. The molecule has 0 aromatic rings. The van der Waals surface area contributed by atoms with Gasteiger partial charge < -0.3 is 39.1 Å². The summed E-state index contributed by atoms with van der Waals surface area (Å²) in [7, 11) is 0. The van der Waals surface area contributed by atoms with Crippen LogP contribution in [0, 0.1) is 5.92 Å². The predicted molar refractivity (Wildman–Crippen MR) is 160 cm³/mol. The Labute approximate surface area is 277 Å². The number of carbonyl (C=O) groups excluding carboxylic acids is 10. The van der Waals surface area contributed by atoms with Gasteiger partial charge in [-0.15, -0.1) is 0 Å². The molecule has 0 heterocycles. The van der Waals surface area contributed by atoms with Gasteiger partial charge in [0, 0.05) is 13.1 Å². The van der Waals surface area contributed by atoms with Gasteiger partial charge in [0.15, 0.2) is 12.2 Å². The molecular formula is C30H44N2O16. The molecule has 0 radical (unpaired) electrons.